The van der Waals surface area contributed by atoms with Crippen LogP contribution >= 0.6 is 0 Å². The molecule has 4 fully saturated rings. The molecule has 5 nitrogen and oxygen atoms in total. The van der Waals surface area contributed by atoms with Gasteiger partial charge in [0.25, 0.3) is 0 Å². The third-order valence-corrected chi connectivity index (χ3v) is 9.15. The Balaban J connectivity index is 1.26. The third kappa shape index (κ3) is 4.09. The number of halogens is 2. The minimum atomic E-state index is -4.13. The average Bonchev–Trinajstić information content (AvgIpc) is 3.50. The van der Waals surface area contributed by atoms with Crippen LogP contribution in [0.4, 0.5) is 8.78 Å². The molecule has 1 aromatic rings. The van der Waals surface area contributed by atoms with Crippen molar-refractivity contribution in [2.24, 2.45) is 29.6 Å². The number of carbonyl (C=O) groups is 2. The van der Waals surface area contributed by atoms with E-state index < -0.39 is 29.9 Å². The van der Waals surface area contributed by atoms with Crippen LogP contribution in [-0.2, 0) is 9.53 Å². The third-order valence-electron chi connectivity index (χ3n) is 9.15. The topological polar surface area (TPSA) is 72.8 Å². The highest BCUT2D eigenvalue weighted by Crippen LogP contribution is 2.63. The zero-order chi connectivity index (χ0) is 24.1. The van der Waals surface area contributed by atoms with Crippen LogP contribution in [0.3, 0.4) is 0 Å². The van der Waals surface area contributed by atoms with Crippen molar-refractivity contribution in [3.8, 4) is 5.75 Å². The quantitative estimate of drug-likeness (QED) is 0.481. The molecule has 2 bridgehead atoms. The Morgan fingerprint density at radius 2 is 1.71 bits per heavy atom. The molecule has 0 amide bonds. The van der Waals surface area contributed by atoms with Crippen molar-refractivity contribution >= 4 is 11.9 Å². The second-order valence-corrected chi connectivity index (χ2v) is 11.2. The molecular weight excluding hydrogens is 442 g/mol. The molecule has 4 saturated carbocycles. The van der Waals surface area contributed by atoms with E-state index in [1.54, 1.807) is 12.1 Å². The summed E-state index contributed by atoms with van der Waals surface area (Å²) in [7, 11) is 0. The summed E-state index contributed by atoms with van der Waals surface area (Å²) in [5, 5.41) is 9.07. The molecule has 1 N–H and O–H groups in total. The van der Waals surface area contributed by atoms with Crippen molar-refractivity contribution in [3.05, 3.63) is 29.8 Å². The van der Waals surface area contributed by atoms with Crippen LogP contribution in [0, 0.1) is 29.6 Å². The number of fused-ring (bicyclic) bond motifs is 5. The molecule has 186 valence electrons. The molecule has 0 aliphatic heterocycles. The van der Waals surface area contributed by atoms with Crippen LogP contribution in [-0.4, -0.2) is 34.7 Å². The van der Waals surface area contributed by atoms with E-state index in [1.165, 1.54) is 37.8 Å². The van der Waals surface area contributed by atoms with Crippen molar-refractivity contribution < 1.29 is 33.0 Å². The van der Waals surface area contributed by atoms with Gasteiger partial charge >= 0.3 is 17.9 Å². The molecule has 4 aliphatic carbocycles. The highest BCUT2D eigenvalue weighted by atomic mass is 19.3. The summed E-state index contributed by atoms with van der Waals surface area (Å²) >= 11 is 0. The zero-order valence-electron chi connectivity index (χ0n) is 19.7. The van der Waals surface area contributed by atoms with E-state index in [2.05, 4.69) is 6.92 Å². The van der Waals surface area contributed by atoms with Gasteiger partial charge in [-0.05, 0) is 87.5 Å². The molecule has 0 heterocycles. The smallest absolute Gasteiger partial charge is 0.378 e. The van der Waals surface area contributed by atoms with Crippen LogP contribution in [0.2, 0.25) is 0 Å². The average molecular weight is 477 g/mol. The van der Waals surface area contributed by atoms with Gasteiger partial charge in [0.05, 0.1) is 5.56 Å². The molecule has 6 unspecified atom stereocenters. The number of hydrogen-bond acceptors (Lipinski definition) is 4. The Hall–Kier alpha value is -2.18. The van der Waals surface area contributed by atoms with Crippen LogP contribution in [0.1, 0.15) is 81.5 Å². The zero-order valence-corrected chi connectivity index (χ0v) is 19.7. The predicted octanol–water partition coefficient (Wildman–Crippen LogP) is 6.11. The van der Waals surface area contributed by atoms with Crippen LogP contribution < -0.4 is 4.74 Å². The van der Waals surface area contributed by atoms with Crippen molar-refractivity contribution in [3.63, 3.8) is 0 Å². The van der Waals surface area contributed by atoms with Crippen molar-refractivity contribution in [1.82, 2.24) is 0 Å². The van der Waals surface area contributed by atoms with Gasteiger partial charge in [-0.25, -0.2) is 9.59 Å². The SMILES string of the molecule is CC1(Oc2ccc(C(=O)OC(C3CCCCC3)C(F)(F)C(=O)O)cc2)CC2CC1C1CCCC21. The normalized spacial score (nSPS) is 34.0. The number of carboxylic acids is 1. The molecule has 1 aromatic carbocycles. The maximum Gasteiger partial charge on any atom is 0.378 e. The summed E-state index contributed by atoms with van der Waals surface area (Å²) in [6, 6.07) is 6.41. The second-order valence-electron chi connectivity index (χ2n) is 11.2. The number of alkyl halides is 2. The van der Waals surface area contributed by atoms with Crippen LogP contribution in [0.25, 0.3) is 0 Å². The monoisotopic (exact) mass is 476 g/mol. The largest absolute Gasteiger partial charge is 0.487 e. The predicted molar refractivity (Wildman–Crippen MR) is 121 cm³/mol. The number of benzene rings is 1. The lowest BCUT2D eigenvalue weighted by Gasteiger charge is -2.40. The molecule has 4 aliphatic rings. The number of aliphatic carboxylic acids is 1. The van der Waals surface area contributed by atoms with Gasteiger partial charge in [0, 0.05) is 11.8 Å². The van der Waals surface area contributed by atoms with Gasteiger partial charge in [0.1, 0.15) is 11.4 Å². The minimum absolute atomic E-state index is 0.114. The summed E-state index contributed by atoms with van der Waals surface area (Å²) in [4.78, 5) is 24.0. The first-order valence-electron chi connectivity index (χ1n) is 12.8. The van der Waals surface area contributed by atoms with Crippen molar-refractivity contribution in [2.75, 3.05) is 0 Å². The summed E-state index contributed by atoms with van der Waals surface area (Å²) < 4.78 is 40.6. The molecule has 0 saturated heterocycles. The van der Waals surface area contributed by atoms with Crippen molar-refractivity contribution in [2.45, 2.75) is 88.8 Å². The highest BCUT2D eigenvalue weighted by Gasteiger charge is 2.60. The molecule has 34 heavy (non-hydrogen) atoms. The molecule has 0 spiro atoms. The first kappa shape index (κ1) is 23.6. The first-order chi connectivity index (χ1) is 16.2. The van der Waals surface area contributed by atoms with E-state index in [4.69, 9.17) is 14.6 Å². The number of rotatable bonds is 7. The Bertz CT molecular complexity index is 925. The Labute approximate surface area is 199 Å². The fourth-order valence-corrected chi connectivity index (χ4v) is 7.64. The highest BCUT2D eigenvalue weighted by molar-refractivity contribution is 5.90. The molecule has 0 aromatic heterocycles. The molecule has 0 radical (unpaired) electrons. The van der Waals surface area contributed by atoms with E-state index >= 15 is 0 Å². The summed E-state index contributed by atoms with van der Waals surface area (Å²) in [5.41, 5.74) is -0.100. The number of esters is 1. The fourth-order valence-electron chi connectivity index (χ4n) is 7.64. The number of ether oxygens (including phenoxy) is 2. The van der Waals surface area contributed by atoms with Crippen molar-refractivity contribution in [1.29, 1.82) is 0 Å². The van der Waals surface area contributed by atoms with Gasteiger partial charge in [-0.1, -0.05) is 25.7 Å². The lowest BCUT2D eigenvalue weighted by molar-refractivity contribution is -0.189. The molecule has 7 heteroatoms. The molecular formula is C27H34F2O5. The van der Waals surface area contributed by atoms with E-state index in [0.29, 0.717) is 24.5 Å². The minimum Gasteiger partial charge on any atom is -0.487 e. The maximum absolute atomic E-state index is 14.5. The molecule has 5 rings (SSSR count). The van der Waals surface area contributed by atoms with Crippen LogP contribution in [0.15, 0.2) is 24.3 Å². The first-order valence-corrected chi connectivity index (χ1v) is 12.8. The standard InChI is InChI=1S/C27H34F2O5/c1-26(15-18-14-22(26)21-9-5-8-20(18)21)34-19-12-10-17(11-13-19)24(30)33-23(27(28,29)25(31)32)16-6-3-2-4-7-16/h10-13,16,18,20-23H,2-9,14-15H2,1H3,(H,31,32). The molecule has 6 atom stereocenters. The Kier molecular flexibility index (Phi) is 6.09. The van der Waals surface area contributed by atoms with E-state index in [0.717, 1.165) is 43.4 Å². The number of hydrogen-bond donors (Lipinski definition) is 1. The van der Waals surface area contributed by atoms with Gasteiger partial charge in [-0.15, -0.1) is 0 Å². The number of carbonyl (C=O) groups excluding carboxylic acids is 1. The van der Waals surface area contributed by atoms with E-state index in [1.807, 2.05) is 0 Å². The number of carboxylic acid groups (broad SMARTS) is 1. The maximum atomic E-state index is 14.5. The fraction of sp³-hybridized carbons (Fsp3) is 0.704. The van der Waals surface area contributed by atoms with Gasteiger partial charge in [0.2, 0.25) is 0 Å². The Morgan fingerprint density at radius 3 is 2.38 bits per heavy atom. The summed E-state index contributed by atoms with van der Waals surface area (Å²) in [6.45, 7) is 2.19. The van der Waals surface area contributed by atoms with Gasteiger partial charge < -0.3 is 14.6 Å². The van der Waals surface area contributed by atoms with E-state index in [-0.39, 0.29) is 11.2 Å². The van der Waals surface area contributed by atoms with Gasteiger partial charge in [-0.2, -0.15) is 8.78 Å². The van der Waals surface area contributed by atoms with Gasteiger partial charge in [0.15, 0.2) is 6.10 Å². The van der Waals surface area contributed by atoms with E-state index in [9.17, 15) is 18.4 Å². The summed E-state index contributed by atoms with van der Waals surface area (Å²) in [5.74, 6) is -4.41. The lowest BCUT2D eigenvalue weighted by Crippen LogP contribution is -2.48. The van der Waals surface area contributed by atoms with Crippen LogP contribution in [0.5, 0.6) is 5.75 Å². The second kappa shape index (κ2) is 8.80. The Morgan fingerprint density at radius 1 is 1.03 bits per heavy atom. The summed E-state index contributed by atoms with van der Waals surface area (Å²) in [6.07, 6.45) is 7.49. The lowest BCUT2D eigenvalue weighted by atomic mass is 9.73. The van der Waals surface area contributed by atoms with Gasteiger partial charge in [-0.3, -0.25) is 0 Å².